The third-order valence-electron chi connectivity index (χ3n) is 5.14. The summed E-state index contributed by atoms with van der Waals surface area (Å²) in [6, 6.07) is 7.31. The molecule has 1 amide bonds. The number of amides is 1. The number of H-pyrrole nitrogens is 1. The fraction of sp³-hybridized carbons (Fsp3) is 0.227. The standard InChI is InChI=1S/C22H20ClFN4O4S/c1-2-3-8-27-19(25)17(20(29)26-22(27)31)28(11-13-5-4-9-32-13)21(30)18-16(23)14-7-6-12(24)10-15(14)33-18/h4-7,9-10H,2-3,8,11,25H2,1H3,(H,26,29,31). The van der Waals surface area contributed by atoms with Crippen LogP contribution in [0, 0.1) is 5.82 Å². The Morgan fingerprint density at radius 1 is 1.33 bits per heavy atom. The molecule has 172 valence electrons. The van der Waals surface area contributed by atoms with E-state index in [-0.39, 0.29) is 34.5 Å². The SMILES string of the molecule is CCCCn1c(N)c(N(Cc2ccco2)C(=O)c2sc3cc(F)ccc3c2Cl)c(=O)[nH]c1=O. The van der Waals surface area contributed by atoms with Gasteiger partial charge in [-0.05, 0) is 36.8 Å². The Bertz CT molecular complexity index is 1440. The summed E-state index contributed by atoms with van der Waals surface area (Å²) >= 11 is 7.47. The van der Waals surface area contributed by atoms with Crippen LogP contribution in [0.15, 0.2) is 50.6 Å². The molecular weight excluding hydrogens is 471 g/mol. The molecule has 0 saturated carbocycles. The highest BCUT2D eigenvalue weighted by Gasteiger charge is 2.29. The average molecular weight is 491 g/mol. The van der Waals surface area contributed by atoms with Gasteiger partial charge in [0.05, 0.1) is 17.8 Å². The molecule has 1 aromatic carbocycles. The molecule has 0 unspecified atom stereocenters. The van der Waals surface area contributed by atoms with Crippen LogP contribution in [0.1, 0.15) is 35.2 Å². The molecule has 0 spiro atoms. The second-order valence-corrected chi connectivity index (χ2v) is 8.78. The minimum Gasteiger partial charge on any atom is -0.467 e. The lowest BCUT2D eigenvalue weighted by Crippen LogP contribution is -2.40. The largest absolute Gasteiger partial charge is 0.467 e. The second-order valence-electron chi connectivity index (χ2n) is 7.35. The topological polar surface area (TPSA) is 114 Å². The van der Waals surface area contributed by atoms with Gasteiger partial charge in [0.1, 0.15) is 22.3 Å². The molecular formula is C22H20ClFN4O4S. The number of rotatable bonds is 7. The van der Waals surface area contributed by atoms with Crippen molar-refractivity contribution in [2.45, 2.75) is 32.9 Å². The molecule has 4 rings (SSSR count). The third kappa shape index (κ3) is 4.31. The van der Waals surface area contributed by atoms with Gasteiger partial charge in [0, 0.05) is 16.6 Å². The number of fused-ring (bicyclic) bond motifs is 1. The Kier molecular flexibility index (Phi) is 6.39. The van der Waals surface area contributed by atoms with E-state index in [0.717, 1.165) is 22.7 Å². The zero-order chi connectivity index (χ0) is 23.7. The lowest BCUT2D eigenvalue weighted by atomic mass is 10.2. The molecule has 8 nitrogen and oxygen atoms in total. The van der Waals surface area contributed by atoms with Crippen molar-refractivity contribution in [2.75, 3.05) is 10.6 Å². The van der Waals surface area contributed by atoms with E-state index in [9.17, 15) is 18.8 Å². The number of nitrogens with one attached hydrogen (secondary N) is 1. The lowest BCUT2D eigenvalue weighted by molar-refractivity contribution is 0.0987. The van der Waals surface area contributed by atoms with E-state index < -0.39 is 23.0 Å². The predicted octanol–water partition coefficient (Wildman–Crippen LogP) is 4.37. The van der Waals surface area contributed by atoms with E-state index in [2.05, 4.69) is 4.98 Å². The Hall–Kier alpha value is -3.37. The molecule has 3 aromatic heterocycles. The van der Waals surface area contributed by atoms with Crippen LogP contribution in [-0.2, 0) is 13.1 Å². The van der Waals surface area contributed by atoms with Crippen LogP contribution in [0.25, 0.3) is 10.1 Å². The molecule has 0 atom stereocenters. The summed E-state index contributed by atoms with van der Waals surface area (Å²) in [5.74, 6) is -0.844. The lowest BCUT2D eigenvalue weighted by Gasteiger charge is -2.23. The zero-order valence-electron chi connectivity index (χ0n) is 17.6. The van der Waals surface area contributed by atoms with Crippen molar-refractivity contribution in [1.29, 1.82) is 0 Å². The Labute approximate surface area is 196 Å². The maximum absolute atomic E-state index is 13.7. The van der Waals surface area contributed by atoms with E-state index in [0.29, 0.717) is 22.3 Å². The first-order valence-corrected chi connectivity index (χ1v) is 11.4. The normalized spacial score (nSPS) is 11.2. The van der Waals surface area contributed by atoms with Crippen molar-refractivity contribution in [3.8, 4) is 0 Å². The molecule has 33 heavy (non-hydrogen) atoms. The summed E-state index contributed by atoms with van der Waals surface area (Å²) in [6.07, 6.45) is 2.88. The first-order valence-electron chi connectivity index (χ1n) is 10.2. The molecule has 3 heterocycles. The van der Waals surface area contributed by atoms with Crippen molar-refractivity contribution in [3.63, 3.8) is 0 Å². The number of nitrogen functional groups attached to an aromatic ring is 1. The molecule has 0 aliphatic rings. The molecule has 0 saturated heterocycles. The van der Waals surface area contributed by atoms with Crippen LogP contribution in [0.2, 0.25) is 5.02 Å². The van der Waals surface area contributed by atoms with Gasteiger partial charge in [0.25, 0.3) is 11.5 Å². The molecule has 0 bridgehead atoms. The van der Waals surface area contributed by atoms with Crippen LogP contribution in [0.5, 0.6) is 0 Å². The second kappa shape index (κ2) is 9.24. The first-order chi connectivity index (χ1) is 15.8. The van der Waals surface area contributed by atoms with Crippen molar-refractivity contribution in [1.82, 2.24) is 9.55 Å². The number of hydrogen-bond acceptors (Lipinski definition) is 6. The van der Waals surface area contributed by atoms with Crippen molar-refractivity contribution >= 4 is 50.4 Å². The number of carbonyl (C=O) groups is 1. The Morgan fingerprint density at radius 2 is 2.12 bits per heavy atom. The third-order valence-corrected chi connectivity index (χ3v) is 6.79. The maximum atomic E-state index is 13.7. The minimum absolute atomic E-state index is 0.105. The number of nitrogens with two attached hydrogens (primary N) is 1. The monoisotopic (exact) mass is 490 g/mol. The van der Waals surface area contributed by atoms with Crippen molar-refractivity contribution < 1.29 is 13.6 Å². The van der Waals surface area contributed by atoms with E-state index >= 15 is 0 Å². The van der Waals surface area contributed by atoms with Gasteiger partial charge in [-0.1, -0.05) is 24.9 Å². The van der Waals surface area contributed by atoms with E-state index in [1.165, 1.54) is 29.0 Å². The van der Waals surface area contributed by atoms with Gasteiger partial charge in [-0.25, -0.2) is 9.18 Å². The van der Waals surface area contributed by atoms with Crippen LogP contribution < -0.4 is 21.9 Å². The molecule has 0 aliphatic carbocycles. The van der Waals surface area contributed by atoms with Gasteiger partial charge < -0.3 is 10.2 Å². The number of thiophene rings is 1. The number of aromatic amines is 1. The smallest absolute Gasteiger partial charge is 0.330 e. The van der Waals surface area contributed by atoms with E-state index in [4.69, 9.17) is 21.8 Å². The number of furan rings is 1. The number of nitrogens with zero attached hydrogens (tertiary/aromatic N) is 2. The summed E-state index contributed by atoms with van der Waals surface area (Å²) in [4.78, 5) is 42.3. The van der Waals surface area contributed by atoms with Crippen LogP contribution in [0.3, 0.4) is 0 Å². The van der Waals surface area contributed by atoms with Gasteiger partial charge in [-0.2, -0.15) is 0 Å². The molecule has 0 aliphatic heterocycles. The molecule has 4 aromatic rings. The van der Waals surface area contributed by atoms with Crippen LogP contribution >= 0.6 is 22.9 Å². The number of hydrogen-bond donors (Lipinski definition) is 2. The number of unbranched alkanes of at least 4 members (excludes halogenated alkanes) is 1. The highest BCUT2D eigenvalue weighted by molar-refractivity contribution is 7.21. The van der Waals surface area contributed by atoms with E-state index in [1.54, 1.807) is 12.1 Å². The summed E-state index contributed by atoms with van der Waals surface area (Å²) in [5, 5.41) is 0.651. The summed E-state index contributed by atoms with van der Waals surface area (Å²) in [7, 11) is 0. The van der Waals surface area contributed by atoms with Crippen molar-refractivity contribution in [3.05, 3.63) is 78.9 Å². The molecule has 0 fully saturated rings. The highest BCUT2D eigenvalue weighted by atomic mass is 35.5. The first kappa shape index (κ1) is 22.8. The molecule has 0 radical (unpaired) electrons. The minimum atomic E-state index is -0.812. The maximum Gasteiger partial charge on any atom is 0.330 e. The van der Waals surface area contributed by atoms with Gasteiger partial charge in [0.2, 0.25) is 0 Å². The van der Waals surface area contributed by atoms with Crippen molar-refractivity contribution in [2.24, 2.45) is 0 Å². The van der Waals surface area contributed by atoms with Gasteiger partial charge in [-0.3, -0.25) is 24.0 Å². The fourth-order valence-electron chi connectivity index (χ4n) is 3.49. The Balaban J connectivity index is 1.88. The highest BCUT2D eigenvalue weighted by Crippen LogP contribution is 2.37. The van der Waals surface area contributed by atoms with Gasteiger partial charge in [0.15, 0.2) is 5.69 Å². The Morgan fingerprint density at radius 3 is 2.82 bits per heavy atom. The fourth-order valence-corrected chi connectivity index (χ4v) is 4.97. The zero-order valence-corrected chi connectivity index (χ0v) is 19.1. The van der Waals surface area contributed by atoms with Gasteiger partial charge in [-0.15, -0.1) is 11.3 Å². The average Bonchev–Trinajstić information content (AvgIpc) is 3.40. The number of aromatic nitrogens is 2. The number of carbonyl (C=O) groups excluding carboxylic acids is 1. The molecule has 11 heteroatoms. The number of benzene rings is 1. The molecule has 3 N–H and O–H groups in total. The summed E-state index contributed by atoms with van der Waals surface area (Å²) in [5.41, 5.74) is 4.59. The van der Waals surface area contributed by atoms with Crippen LogP contribution in [0.4, 0.5) is 15.9 Å². The van der Waals surface area contributed by atoms with E-state index in [1.807, 2.05) is 6.92 Å². The van der Waals surface area contributed by atoms with Gasteiger partial charge >= 0.3 is 5.69 Å². The summed E-state index contributed by atoms with van der Waals surface area (Å²) in [6.45, 7) is 2.09. The number of halogens is 2. The summed E-state index contributed by atoms with van der Waals surface area (Å²) < 4.78 is 20.8. The number of anilines is 2. The van der Waals surface area contributed by atoms with Crippen LogP contribution in [-0.4, -0.2) is 15.5 Å². The quantitative estimate of drug-likeness (QED) is 0.399. The predicted molar refractivity (Wildman–Crippen MR) is 127 cm³/mol.